The van der Waals surface area contributed by atoms with Gasteiger partial charge in [-0.3, -0.25) is 0 Å². The first-order chi connectivity index (χ1) is 14.4. The predicted octanol–water partition coefficient (Wildman–Crippen LogP) is 3.90. The van der Waals surface area contributed by atoms with Gasteiger partial charge in [0.05, 0.1) is 13.7 Å². The lowest BCUT2D eigenvalue weighted by molar-refractivity contribution is 0.210. The second kappa shape index (κ2) is 9.28. The van der Waals surface area contributed by atoms with E-state index < -0.39 is 6.09 Å². The molecule has 30 heavy (non-hydrogen) atoms. The normalized spacial score (nSPS) is 10.5. The fourth-order valence-corrected chi connectivity index (χ4v) is 3.24. The highest BCUT2D eigenvalue weighted by molar-refractivity contribution is 5.72. The van der Waals surface area contributed by atoms with Gasteiger partial charge >= 0.3 is 6.09 Å². The highest BCUT2D eigenvalue weighted by Crippen LogP contribution is 2.31. The van der Waals surface area contributed by atoms with E-state index in [1.807, 2.05) is 50.2 Å². The lowest BCUT2D eigenvalue weighted by Crippen LogP contribution is -2.16. The van der Waals surface area contributed by atoms with Crippen LogP contribution in [-0.4, -0.2) is 23.3 Å². The van der Waals surface area contributed by atoms with E-state index in [0.717, 1.165) is 33.4 Å². The summed E-state index contributed by atoms with van der Waals surface area (Å²) in [6, 6.07) is 14.8. The minimum Gasteiger partial charge on any atom is -0.481 e. The fourth-order valence-electron chi connectivity index (χ4n) is 3.24. The van der Waals surface area contributed by atoms with E-state index in [4.69, 9.17) is 19.9 Å². The quantitative estimate of drug-likeness (QED) is 0.614. The number of amides is 1. The van der Waals surface area contributed by atoms with E-state index in [1.54, 1.807) is 0 Å². The summed E-state index contributed by atoms with van der Waals surface area (Å²) >= 11 is 0. The zero-order valence-electron chi connectivity index (χ0n) is 17.1. The maximum atomic E-state index is 11.0. The molecular weight excluding hydrogens is 384 g/mol. The molecule has 1 aromatic heterocycles. The molecule has 0 saturated carbocycles. The number of aliphatic hydroxyl groups excluding tert-OH is 1. The fraction of sp³-hybridized carbons (Fsp3) is 0.217. The number of carbonyl (C=O) groups is 1. The van der Waals surface area contributed by atoms with Gasteiger partial charge in [-0.2, -0.15) is 4.98 Å². The van der Waals surface area contributed by atoms with Crippen molar-refractivity contribution in [2.24, 2.45) is 5.73 Å². The van der Waals surface area contributed by atoms with Gasteiger partial charge in [0.15, 0.2) is 0 Å². The Bertz CT molecular complexity index is 1070. The Labute approximate surface area is 175 Å². The number of aliphatic hydroxyl groups is 1. The second-order valence-corrected chi connectivity index (χ2v) is 6.73. The van der Waals surface area contributed by atoms with Gasteiger partial charge in [-0.25, -0.2) is 4.79 Å². The largest absolute Gasteiger partial charge is 0.481 e. The van der Waals surface area contributed by atoms with Crippen LogP contribution in [0.4, 0.5) is 4.79 Å². The van der Waals surface area contributed by atoms with Crippen molar-refractivity contribution in [2.45, 2.75) is 27.1 Å². The molecule has 3 N–H and O–H groups in total. The molecule has 1 heterocycles. The number of hydrogen-bond acceptors (Lipinski definition) is 6. The van der Waals surface area contributed by atoms with Gasteiger partial charge in [-0.15, -0.1) is 0 Å². The van der Waals surface area contributed by atoms with Crippen LogP contribution in [0.2, 0.25) is 0 Å². The summed E-state index contributed by atoms with van der Waals surface area (Å²) in [5.41, 5.74) is 11.2. The Hall–Kier alpha value is -3.58. The smallest absolute Gasteiger partial charge is 0.409 e. The minimum atomic E-state index is -0.932. The van der Waals surface area contributed by atoms with Crippen LogP contribution in [0.1, 0.15) is 22.3 Å². The van der Waals surface area contributed by atoms with Gasteiger partial charge in [-0.05, 0) is 47.2 Å². The van der Waals surface area contributed by atoms with E-state index >= 15 is 0 Å². The Balaban J connectivity index is 1.87. The van der Waals surface area contributed by atoms with Crippen LogP contribution < -0.4 is 19.9 Å². The van der Waals surface area contributed by atoms with E-state index in [2.05, 4.69) is 4.98 Å². The first kappa shape index (κ1) is 21.1. The van der Waals surface area contributed by atoms with Crippen molar-refractivity contribution in [3.05, 3.63) is 70.8 Å². The number of nitrogens with zero attached hydrogens (tertiary/aromatic N) is 1. The van der Waals surface area contributed by atoms with Crippen molar-refractivity contribution in [3.63, 3.8) is 0 Å². The summed E-state index contributed by atoms with van der Waals surface area (Å²) in [5.74, 6) is 0.672. The van der Waals surface area contributed by atoms with Crippen LogP contribution in [0.5, 0.6) is 17.5 Å². The molecule has 1 amide bonds. The van der Waals surface area contributed by atoms with Crippen LogP contribution >= 0.6 is 0 Å². The average molecular weight is 408 g/mol. The van der Waals surface area contributed by atoms with Crippen LogP contribution in [-0.2, 0) is 13.2 Å². The molecule has 7 nitrogen and oxygen atoms in total. The van der Waals surface area contributed by atoms with Gasteiger partial charge < -0.3 is 25.1 Å². The molecule has 0 radical (unpaired) electrons. The number of ether oxygens (including phenoxy) is 3. The van der Waals surface area contributed by atoms with Crippen molar-refractivity contribution in [3.8, 4) is 28.6 Å². The summed E-state index contributed by atoms with van der Waals surface area (Å²) in [7, 11) is 1.45. The van der Waals surface area contributed by atoms with Crippen molar-refractivity contribution in [1.82, 2.24) is 4.98 Å². The van der Waals surface area contributed by atoms with Gasteiger partial charge in [0.2, 0.25) is 11.8 Å². The highest BCUT2D eigenvalue weighted by Gasteiger charge is 2.12. The van der Waals surface area contributed by atoms with Crippen LogP contribution in [0.15, 0.2) is 48.5 Å². The van der Waals surface area contributed by atoms with Gasteiger partial charge in [-0.1, -0.05) is 36.4 Å². The SMILES string of the molecule is COc1cc(OC(N)=O)cc(OCc2cccc(-c3cccc(CO)c3C)c2C)n1. The van der Waals surface area contributed by atoms with Gasteiger partial charge in [0.1, 0.15) is 12.4 Å². The monoisotopic (exact) mass is 408 g/mol. The Kier molecular flexibility index (Phi) is 6.54. The van der Waals surface area contributed by atoms with Gasteiger partial charge in [0.25, 0.3) is 0 Å². The van der Waals surface area contributed by atoms with E-state index in [-0.39, 0.29) is 30.7 Å². The predicted molar refractivity (Wildman–Crippen MR) is 113 cm³/mol. The standard InChI is InChI=1S/C23H24N2O5/c1-14-16(12-26)6-4-8-19(14)20-9-5-7-17(15(20)2)13-29-22-11-18(30-23(24)27)10-21(25-22)28-3/h4-11,26H,12-13H2,1-3H3,(H2,24,27). The summed E-state index contributed by atoms with van der Waals surface area (Å²) in [6.07, 6.45) is -0.932. The molecule has 0 aliphatic carbocycles. The topological polar surface area (TPSA) is 104 Å². The Morgan fingerprint density at radius 3 is 2.20 bits per heavy atom. The summed E-state index contributed by atoms with van der Waals surface area (Å²) in [5, 5.41) is 9.57. The third kappa shape index (κ3) is 4.69. The highest BCUT2D eigenvalue weighted by atomic mass is 16.6. The summed E-state index contributed by atoms with van der Waals surface area (Å²) in [4.78, 5) is 15.2. The Morgan fingerprint density at radius 1 is 1.00 bits per heavy atom. The second-order valence-electron chi connectivity index (χ2n) is 6.73. The number of benzene rings is 2. The number of pyridine rings is 1. The maximum Gasteiger partial charge on any atom is 0.409 e. The zero-order valence-corrected chi connectivity index (χ0v) is 17.1. The van der Waals surface area contributed by atoms with Gasteiger partial charge in [0, 0.05) is 12.1 Å². The van der Waals surface area contributed by atoms with Crippen molar-refractivity contribution >= 4 is 6.09 Å². The molecule has 0 aliphatic rings. The van der Waals surface area contributed by atoms with Crippen molar-refractivity contribution < 1.29 is 24.1 Å². The molecule has 0 unspecified atom stereocenters. The molecular formula is C23H24N2O5. The summed E-state index contributed by atoms with van der Waals surface area (Å²) in [6.45, 7) is 4.29. The molecule has 0 bridgehead atoms. The third-order valence-corrected chi connectivity index (χ3v) is 4.91. The minimum absolute atomic E-state index is 0.00125. The summed E-state index contributed by atoms with van der Waals surface area (Å²) < 4.78 is 15.9. The zero-order chi connectivity index (χ0) is 21.7. The number of primary amides is 1. The number of nitrogens with two attached hydrogens (primary N) is 1. The van der Waals surface area contributed by atoms with Crippen molar-refractivity contribution in [2.75, 3.05) is 7.11 Å². The molecule has 0 saturated heterocycles. The molecule has 0 aliphatic heterocycles. The van der Waals surface area contributed by atoms with Crippen LogP contribution in [0, 0.1) is 13.8 Å². The molecule has 0 atom stereocenters. The van der Waals surface area contributed by atoms with Crippen LogP contribution in [0.3, 0.4) is 0 Å². The van der Waals surface area contributed by atoms with Crippen molar-refractivity contribution in [1.29, 1.82) is 0 Å². The molecule has 0 spiro atoms. The molecule has 7 heteroatoms. The number of methoxy groups -OCH3 is 1. The first-order valence-electron chi connectivity index (χ1n) is 9.37. The molecule has 0 fully saturated rings. The van der Waals surface area contributed by atoms with E-state index in [9.17, 15) is 9.90 Å². The molecule has 2 aromatic carbocycles. The lowest BCUT2D eigenvalue weighted by Gasteiger charge is -2.16. The third-order valence-electron chi connectivity index (χ3n) is 4.91. The van der Waals surface area contributed by atoms with E-state index in [0.29, 0.717) is 0 Å². The first-order valence-corrected chi connectivity index (χ1v) is 9.37. The number of aromatic nitrogens is 1. The molecule has 3 rings (SSSR count). The number of rotatable bonds is 7. The Morgan fingerprint density at radius 2 is 1.60 bits per heavy atom. The number of carbonyl (C=O) groups excluding carboxylic acids is 1. The lowest BCUT2D eigenvalue weighted by atomic mass is 9.92. The van der Waals surface area contributed by atoms with Crippen LogP contribution in [0.25, 0.3) is 11.1 Å². The van der Waals surface area contributed by atoms with E-state index in [1.165, 1.54) is 19.2 Å². The number of hydrogen-bond donors (Lipinski definition) is 2. The molecule has 156 valence electrons. The average Bonchev–Trinajstić information content (AvgIpc) is 2.73. The maximum absolute atomic E-state index is 11.0. The molecule has 3 aromatic rings.